The van der Waals surface area contributed by atoms with Gasteiger partial charge in [-0.15, -0.1) is 5.10 Å². The Balaban J connectivity index is 1.64. The van der Waals surface area contributed by atoms with Crippen LogP contribution in [0.1, 0.15) is 17.5 Å². The molecule has 0 unspecified atom stereocenters. The molecule has 5 heteroatoms. The van der Waals surface area contributed by atoms with Gasteiger partial charge in [-0.3, -0.25) is 0 Å². The molecule has 0 fully saturated rings. The number of fused-ring (bicyclic) bond motifs is 1. The molecular formula is C19H19N5. The van der Waals surface area contributed by atoms with E-state index in [1.54, 1.807) is 6.20 Å². The Kier molecular flexibility index (Phi) is 3.83. The van der Waals surface area contributed by atoms with Gasteiger partial charge in [0.25, 0.3) is 0 Å². The fourth-order valence-corrected chi connectivity index (χ4v) is 3.10. The minimum absolute atomic E-state index is 0.515. The number of hydrogen-bond acceptors (Lipinski definition) is 5. The van der Waals surface area contributed by atoms with Crippen LogP contribution in [0.25, 0.3) is 0 Å². The van der Waals surface area contributed by atoms with Gasteiger partial charge in [-0.05, 0) is 49.1 Å². The van der Waals surface area contributed by atoms with Gasteiger partial charge >= 0.3 is 0 Å². The molecule has 0 aliphatic carbocycles. The van der Waals surface area contributed by atoms with E-state index in [4.69, 9.17) is 0 Å². The van der Waals surface area contributed by atoms with Crippen LogP contribution in [0.5, 0.6) is 0 Å². The minimum Gasteiger partial charge on any atom is -0.325 e. The highest BCUT2D eigenvalue weighted by molar-refractivity contribution is 5.66. The summed E-state index contributed by atoms with van der Waals surface area (Å²) in [7, 11) is 0. The van der Waals surface area contributed by atoms with E-state index < -0.39 is 0 Å². The van der Waals surface area contributed by atoms with Crippen molar-refractivity contribution in [3.8, 4) is 0 Å². The van der Waals surface area contributed by atoms with Gasteiger partial charge < -0.3 is 10.2 Å². The molecule has 1 N–H and O–H groups in total. The maximum Gasteiger partial charge on any atom is 0.249 e. The molecule has 0 spiro atoms. The van der Waals surface area contributed by atoms with Gasteiger partial charge in [0.05, 0.1) is 6.20 Å². The van der Waals surface area contributed by atoms with Crippen molar-refractivity contribution in [3.05, 3.63) is 65.9 Å². The number of hydrogen-bond donors (Lipinski definition) is 1. The number of nitrogens with one attached hydrogen (secondary N) is 1. The van der Waals surface area contributed by atoms with Crippen molar-refractivity contribution in [1.29, 1.82) is 0 Å². The lowest BCUT2D eigenvalue weighted by molar-refractivity contribution is 0.754. The molecule has 5 nitrogen and oxygen atoms in total. The summed E-state index contributed by atoms with van der Waals surface area (Å²) in [5, 5.41) is 11.5. The monoisotopic (exact) mass is 317 g/mol. The Morgan fingerprint density at radius 2 is 2.00 bits per heavy atom. The lowest BCUT2D eigenvalue weighted by Gasteiger charge is -2.30. The third kappa shape index (κ3) is 2.93. The summed E-state index contributed by atoms with van der Waals surface area (Å²) < 4.78 is 0. The summed E-state index contributed by atoms with van der Waals surface area (Å²) in [5.41, 5.74) is 4.73. The smallest absolute Gasteiger partial charge is 0.249 e. The number of para-hydroxylation sites is 1. The minimum atomic E-state index is 0.515. The predicted molar refractivity (Wildman–Crippen MR) is 96.1 cm³/mol. The van der Waals surface area contributed by atoms with E-state index in [0.717, 1.165) is 30.9 Å². The van der Waals surface area contributed by atoms with Crippen LogP contribution in [0, 0.1) is 6.92 Å². The zero-order valence-electron chi connectivity index (χ0n) is 13.6. The average Bonchev–Trinajstić information content (AvgIpc) is 2.61. The topological polar surface area (TPSA) is 53.9 Å². The van der Waals surface area contributed by atoms with Crippen molar-refractivity contribution >= 4 is 23.1 Å². The maximum absolute atomic E-state index is 4.66. The first-order valence-electron chi connectivity index (χ1n) is 8.18. The molecule has 3 aromatic rings. The van der Waals surface area contributed by atoms with E-state index in [1.807, 2.05) is 12.1 Å². The molecule has 2 aromatic carbocycles. The van der Waals surface area contributed by atoms with Crippen molar-refractivity contribution in [2.75, 3.05) is 16.8 Å². The second kappa shape index (κ2) is 6.28. The van der Waals surface area contributed by atoms with E-state index in [-0.39, 0.29) is 0 Å². The van der Waals surface area contributed by atoms with Crippen molar-refractivity contribution in [2.24, 2.45) is 0 Å². The summed E-state index contributed by atoms with van der Waals surface area (Å²) in [4.78, 5) is 6.88. The van der Waals surface area contributed by atoms with Gasteiger partial charge in [-0.25, -0.2) is 0 Å². The van der Waals surface area contributed by atoms with Crippen molar-refractivity contribution < 1.29 is 0 Å². The third-order valence-corrected chi connectivity index (χ3v) is 4.21. The molecule has 0 radical (unpaired) electrons. The van der Waals surface area contributed by atoms with Crippen LogP contribution >= 0.6 is 0 Å². The fraction of sp³-hybridized carbons (Fsp3) is 0.211. The first kappa shape index (κ1) is 14.6. The Hall–Kier alpha value is -2.95. The van der Waals surface area contributed by atoms with Gasteiger partial charge in [0, 0.05) is 17.9 Å². The number of anilines is 4. The van der Waals surface area contributed by atoms with Crippen molar-refractivity contribution in [2.45, 2.75) is 19.8 Å². The summed E-state index contributed by atoms with van der Waals surface area (Å²) in [6.07, 6.45) is 3.95. The highest BCUT2D eigenvalue weighted by atomic mass is 15.3. The van der Waals surface area contributed by atoms with Crippen LogP contribution in [-0.4, -0.2) is 21.7 Å². The number of aryl methyl sites for hydroxylation is 2. The molecule has 4 rings (SSSR count). The van der Waals surface area contributed by atoms with E-state index in [9.17, 15) is 0 Å². The second-order valence-corrected chi connectivity index (χ2v) is 6.02. The van der Waals surface area contributed by atoms with Gasteiger partial charge in [0.1, 0.15) is 0 Å². The first-order chi connectivity index (χ1) is 11.8. The van der Waals surface area contributed by atoms with Crippen LogP contribution in [0.15, 0.2) is 54.7 Å². The maximum atomic E-state index is 4.66. The van der Waals surface area contributed by atoms with Crippen LogP contribution in [0.4, 0.5) is 23.1 Å². The highest BCUT2D eigenvalue weighted by Crippen LogP contribution is 2.32. The molecule has 1 aliphatic heterocycles. The Morgan fingerprint density at radius 1 is 1.08 bits per heavy atom. The summed E-state index contributed by atoms with van der Waals surface area (Å²) >= 11 is 0. The molecule has 2 heterocycles. The van der Waals surface area contributed by atoms with Gasteiger partial charge in [0.2, 0.25) is 5.95 Å². The molecule has 0 saturated carbocycles. The van der Waals surface area contributed by atoms with Crippen LogP contribution < -0.4 is 10.2 Å². The van der Waals surface area contributed by atoms with E-state index >= 15 is 0 Å². The summed E-state index contributed by atoms with van der Waals surface area (Å²) in [6.45, 7) is 3.00. The molecular weight excluding hydrogens is 298 g/mol. The zero-order chi connectivity index (χ0) is 16.4. The van der Waals surface area contributed by atoms with Crippen molar-refractivity contribution in [1.82, 2.24) is 15.2 Å². The molecule has 24 heavy (non-hydrogen) atoms. The van der Waals surface area contributed by atoms with Gasteiger partial charge in [0.15, 0.2) is 5.82 Å². The fourth-order valence-electron chi connectivity index (χ4n) is 3.10. The van der Waals surface area contributed by atoms with E-state index in [1.165, 1.54) is 16.8 Å². The zero-order valence-corrected chi connectivity index (χ0v) is 13.6. The standard InChI is InChI=1S/C19H19N5/c1-14-6-4-9-16(12-14)21-19-22-18(13-20-23-19)24-11-5-8-15-7-2-3-10-17(15)24/h2-4,6-7,9-10,12-13H,5,8,11H2,1H3,(H,21,22,23). The Labute approximate surface area is 141 Å². The second-order valence-electron chi connectivity index (χ2n) is 6.02. The normalized spacial score (nSPS) is 13.5. The SMILES string of the molecule is Cc1cccc(Nc2nncc(N3CCCc4ccccc43)n2)c1. The highest BCUT2D eigenvalue weighted by Gasteiger charge is 2.19. The molecule has 0 saturated heterocycles. The lowest BCUT2D eigenvalue weighted by Crippen LogP contribution is -2.25. The Morgan fingerprint density at radius 3 is 2.92 bits per heavy atom. The molecule has 120 valence electrons. The quantitative estimate of drug-likeness (QED) is 0.791. The molecule has 1 aliphatic rings. The van der Waals surface area contributed by atoms with Crippen molar-refractivity contribution in [3.63, 3.8) is 0 Å². The van der Waals surface area contributed by atoms with E-state index in [2.05, 4.69) is 68.7 Å². The van der Waals surface area contributed by atoms with Crippen LogP contribution in [0.3, 0.4) is 0 Å². The third-order valence-electron chi connectivity index (χ3n) is 4.21. The molecule has 0 amide bonds. The van der Waals surface area contributed by atoms with Crippen LogP contribution in [-0.2, 0) is 6.42 Å². The number of aromatic nitrogens is 3. The largest absolute Gasteiger partial charge is 0.325 e. The molecule has 1 aromatic heterocycles. The molecule has 0 atom stereocenters. The van der Waals surface area contributed by atoms with Crippen LogP contribution in [0.2, 0.25) is 0 Å². The number of benzene rings is 2. The van der Waals surface area contributed by atoms with E-state index in [0.29, 0.717) is 5.95 Å². The lowest BCUT2D eigenvalue weighted by atomic mass is 10.0. The average molecular weight is 317 g/mol. The number of nitrogens with zero attached hydrogens (tertiary/aromatic N) is 4. The first-order valence-corrected chi connectivity index (χ1v) is 8.18. The Bertz CT molecular complexity index is 862. The molecule has 0 bridgehead atoms. The van der Waals surface area contributed by atoms with Gasteiger partial charge in [-0.1, -0.05) is 30.3 Å². The number of rotatable bonds is 3. The summed E-state index contributed by atoms with van der Waals surface area (Å²) in [5.74, 6) is 1.34. The van der Waals surface area contributed by atoms with Gasteiger partial charge in [-0.2, -0.15) is 10.1 Å². The summed E-state index contributed by atoms with van der Waals surface area (Å²) in [6, 6.07) is 16.6. The predicted octanol–water partition coefficient (Wildman–Crippen LogP) is 4.01.